The number of anilines is 1. The van der Waals surface area contributed by atoms with E-state index in [1.165, 1.54) is 0 Å². The summed E-state index contributed by atoms with van der Waals surface area (Å²) in [6.07, 6.45) is 4.59. The number of fused-ring (bicyclic) bond motifs is 1. The lowest BCUT2D eigenvalue weighted by Gasteiger charge is -2.26. The van der Waals surface area contributed by atoms with E-state index in [0.29, 0.717) is 32.1 Å². The summed E-state index contributed by atoms with van der Waals surface area (Å²) in [5.74, 6) is -0.0952. The van der Waals surface area contributed by atoms with Crippen LogP contribution in [-0.4, -0.2) is 59.7 Å². The average Bonchev–Trinajstić information content (AvgIpc) is 3.24. The van der Waals surface area contributed by atoms with E-state index < -0.39 is 5.97 Å². The molecule has 0 bridgehead atoms. The van der Waals surface area contributed by atoms with Crippen molar-refractivity contribution in [3.63, 3.8) is 0 Å². The fourth-order valence-corrected chi connectivity index (χ4v) is 3.08. The molecule has 2 aromatic heterocycles. The number of esters is 1. The zero-order valence-electron chi connectivity index (χ0n) is 16.2. The average molecular weight is 398 g/mol. The second kappa shape index (κ2) is 8.06. The first-order valence-electron chi connectivity index (χ1n) is 9.40. The molecule has 9 heteroatoms. The first-order chi connectivity index (χ1) is 14.0. The number of nitrogens with zero attached hydrogens (tertiary/aromatic N) is 3. The van der Waals surface area contributed by atoms with Gasteiger partial charge in [0.1, 0.15) is 0 Å². The molecule has 9 nitrogen and oxygen atoms in total. The van der Waals surface area contributed by atoms with E-state index in [0.717, 1.165) is 11.1 Å². The van der Waals surface area contributed by atoms with Crippen LogP contribution < -0.4 is 5.43 Å². The highest BCUT2D eigenvalue weighted by atomic mass is 16.5. The van der Waals surface area contributed by atoms with Crippen molar-refractivity contribution >= 4 is 35.5 Å². The van der Waals surface area contributed by atoms with Gasteiger partial charge in [0, 0.05) is 36.6 Å². The molecule has 1 saturated heterocycles. The standard InChI is InChI=1S/C20H22N4O5/c1-12(2)28-20(26)16-17(25)15(29-19(16)23-24-6-8-27-9-7-24)10-13-11-22-18-14(13)4-3-5-21-18/h3-5,10-12,23,25H,6-9H2,1-2H3/b13-10+. The van der Waals surface area contributed by atoms with Gasteiger partial charge >= 0.3 is 5.97 Å². The molecule has 152 valence electrons. The molecule has 0 spiro atoms. The third-order valence-corrected chi connectivity index (χ3v) is 4.44. The van der Waals surface area contributed by atoms with E-state index in [4.69, 9.17) is 13.9 Å². The summed E-state index contributed by atoms with van der Waals surface area (Å²) in [7, 11) is 0. The molecule has 0 radical (unpaired) electrons. The fraction of sp³-hybridized carbons (Fsp3) is 0.350. The summed E-state index contributed by atoms with van der Waals surface area (Å²) < 4.78 is 16.4. The summed E-state index contributed by atoms with van der Waals surface area (Å²) in [4.78, 5) is 21.0. The van der Waals surface area contributed by atoms with Gasteiger partial charge in [0.25, 0.3) is 0 Å². The van der Waals surface area contributed by atoms with Gasteiger partial charge < -0.3 is 19.0 Å². The molecule has 0 saturated carbocycles. The lowest BCUT2D eigenvalue weighted by atomic mass is 10.1. The third kappa shape index (κ3) is 4.01. The van der Waals surface area contributed by atoms with Crippen LogP contribution in [0.25, 0.3) is 11.6 Å². The lowest BCUT2D eigenvalue weighted by Crippen LogP contribution is -2.40. The lowest BCUT2D eigenvalue weighted by molar-refractivity contribution is 0.0371. The van der Waals surface area contributed by atoms with Gasteiger partial charge in [-0.05, 0) is 32.1 Å². The Morgan fingerprint density at radius 3 is 2.93 bits per heavy atom. The van der Waals surface area contributed by atoms with Crippen LogP contribution in [0.5, 0.6) is 5.75 Å². The quantitative estimate of drug-likeness (QED) is 0.740. The highest BCUT2D eigenvalue weighted by Gasteiger charge is 2.29. The Morgan fingerprint density at radius 2 is 2.17 bits per heavy atom. The molecule has 2 aromatic rings. The molecule has 1 fully saturated rings. The molecule has 0 amide bonds. The van der Waals surface area contributed by atoms with Crippen LogP contribution in [0, 0.1) is 0 Å². The van der Waals surface area contributed by atoms with Crippen LogP contribution >= 0.6 is 0 Å². The minimum Gasteiger partial charge on any atom is -0.504 e. The topological polar surface area (TPSA) is 109 Å². The van der Waals surface area contributed by atoms with E-state index in [2.05, 4.69) is 15.4 Å². The van der Waals surface area contributed by atoms with E-state index in [1.54, 1.807) is 38.4 Å². The van der Waals surface area contributed by atoms with Crippen LogP contribution in [0.15, 0.2) is 27.7 Å². The number of aliphatic imine (C=N–C) groups is 1. The maximum atomic E-state index is 12.6. The number of nitrogens with one attached hydrogen (secondary N) is 1. The number of furan rings is 1. The second-order valence-electron chi connectivity index (χ2n) is 6.92. The number of carbonyl (C=O) groups excluding carboxylic acids is 1. The van der Waals surface area contributed by atoms with Gasteiger partial charge in [-0.15, -0.1) is 0 Å². The number of hydrogen-bond acceptors (Lipinski definition) is 9. The molecule has 2 aliphatic heterocycles. The molecular weight excluding hydrogens is 376 g/mol. The van der Waals surface area contributed by atoms with Crippen molar-refractivity contribution in [2.24, 2.45) is 4.99 Å². The van der Waals surface area contributed by atoms with E-state index in [-0.39, 0.29) is 29.1 Å². The number of hydrazine groups is 1. The van der Waals surface area contributed by atoms with Crippen molar-refractivity contribution < 1.29 is 23.8 Å². The SMILES string of the molecule is CC(C)OC(=O)c1c(NN2CCOCC2)oc(/C=C2\C=Nc3ncccc32)c1O. The zero-order chi connectivity index (χ0) is 20.4. The summed E-state index contributed by atoms with van der Waals surface area (Å²) in [6.45, 7) is 5.83. The number of allylic oxidation sites excluding steroid dienone is 1. The Bertz CT molecular complexity index is 973. The highest BCUT2D eigenvalue weighted by Crippen LogP contribution is 2.38. The predicted octanol–water partition coefficient (Wildman–Crippen LogP) is 2.86. The zero-order valence-corrected chi connectivity index (χ0v) is 16.2. The first-order valence-corrected chi connectivity index (χ1v) is 9.40. The Balaban J connectivity index is 1.70. The van der Waals surface area contributed by atoms with Crippen LogP contribution in [0.1, 0.15) is 35.5 Å². The van der Waals surface area contributed by atoms with Crippen molar-refractivity contribution in [1.82, 2.24) is 9.99 Å². The number of pyridine rings is 1. The first kappa shape index (κ1) is 19.2. The maximum Gasteiger partial charge on any atom is 0.347 e. The molecule has 29 heavy (non-hydrogen) atoms. The van der Waals surface area contributed by atoms with E-state index in [1.807, 2.05) is 11.1 Å². The normalized spacial score (nSPS) is 17.7. The van der Waals surface area contributed by atoms with E-state index in [9.17, 15) is 9.90 Å². The minimum absolute atomic E-state index is 0.0432. The summed E-state index contributed by atoms with van der Waals surface area (Å²) in [5, 5.41) is 12.6. The van der Waals surface area contributed by atoms with Crippen molar-refractivity contribution in [1.29, 1.82) is 0 Å². The van der Waals surface area contributed by atoms with Gasteiger partial charge in [-0.1, -0.05) is 0 Å². The summed E-state index contributed by atoms with van der Waals surface area (Å²) >= 11 is 0. The number of hydrogen-bond donors (Lipinski definition) is 2. The maximum absolute atomic E-state index is 12.6. The van der Waals surface area contributed by atoms with Crippen LogP contribution in [-0.2, 0) is 9.47 Å². The molecule has 4 rings (SSSR count). The van der Waals surface area contributed by atoms with Gasteiger partial charge in [-0.25, -0.2) is 19.8 Å². The Hall–Kier alpha value is -3.17. The third-order valence-electron chi connectivity index (χ3n) is 4.44. The van der Waals surface area contributed by atoms with Crippen LogP contribution in [0.3, 0.4) is 0 Å². The molecule has 0 aliphatic carbocycles. The molecule has 0 aromatic carbocycles. The summed E-state index contributed by atoms with van der Waals surface area (Å²) in [5.41, 5.74) is 4.55. The molecule has 0 atom stereocenters. The largest absolute Gasteiger partial charge is 0.504 e. The van der Waals surface area contributed by atoms with Crippen molar-refractivity contribution in [2.75, 3.05) is 31.7 Å². The van der Waals surface area contributed by atoms with E-state index >= 15 is 0 Å². The monoisotopic (exact) mass is 398 g/mol. The van der Waals surface area contributed by atoms with Crippen molar-refractivity contribution in [3.8, 4) is 5.75 Å². The predicted molar refractivity (Wildman–Crippen MR) is 107 cm³/mol. The molecule has 2 aliphatic rings. The molecule has 2 N–H and O–H groups in total. The van der Waals surface area contributed by atoms with Gasteiger partial charge in [0.2, 0.25) is 5.88 Å². The number of morpholine rings is 1. The summed E-state index contributed by atoms with van der Waals surface area (Å²) in [6, 6.07) is 3.68. The number of ether oxygens (including phenoxy) is 2. The van der Waals surface area contributed by atoms with Crippen LogP contribution in [0.2, 0.25) is 0 Å². The van der Waals surface area contributed by atoms with Crippen molar-refractivity contribution in [2.45, 2.75) is 20.0 Å². The van der Waals surface area contributed by atoms with Gasteiger partial charge in [-0.3, -0.25) is 5.43 Å². The highest BCUT2D eigenvalue weighted by molar-refractivity contribution is 6.21. The van der Waals surface area contributed by atoms with Gasteiger partial charge in [-0.2, -0.15) is 0 Å². The molecular formula is C20H22N4O5. The van der Waals surface area contributed by atoms with Crippen molar-refractivity contribution in [3.05, 3.63) is 35.2 Å². The smallest absolute Gasteiger partial charge is 0.347 e. The fourth-order valence-electron chi connectivity index (χ4n) is 3.08. The number of aromatic nitrogens is 1. The minimum atomic E-state index is -0.663. The number of carbonyl (C=O) groups is 1. The number of rotatable bonds is 5. The Morgan fingerprint density at radius 1 is 1.38 bits per heavy atom. The Kier molecular flexibility index (Phi) is 5.32. The van der Waals surface area contributed by atoms with Gasteiger partial charge in [0.05, 0.1) is 19.3 Å². The molecule has 4 heterocycles. The second-order valence-corrected chi connectivity index (χ2v) is 6.92. The number of aromatic hydroxyl groups is 1. The van der Waals surface area contributed by atoms with Gasteiger partial charge in [0.15, 0.2) is 22.9 Å². The molecule has 0 unspecified atom stereocenters. The Labute approximate surface area is 167 Å². The van der Waals surface area contributed by atoms with Crippen LogP contribution in [0.4, 0.5) is 11.7 Å².